The second-order valence-corrected chi connectivity index (χ2v) is 7.89. The van der Waals surface area contributed by atoms with Crippen LogP contribution in [-0.4, -0.2) is 59.6 Å². The minimum Gasteiger partial charge on any atom is -0.354 e. The third-order valence-corrected chi connectivity index (χ3v) is 6.07. The lowest BCUT2D eigenvalue weighted by atomic mass is 10.3. The van der Waals surface area contributed by atoms with Crippen molar-refractivity contribution < 1.29 is 8.42 Å². The van der Waals surface area contributed by atoms with Crippen molar-refractivity contribution in [3.8, 4) is 0 Å². The first-order valence-electron chi connectivity index (χ1n) is 8.31. The molecule has 0 aromatic carbocycles. The van der Waals surface area contributed by atoms with Gasteiger partial charge in [0.2, 0.25) is 10.0 Å². The molecule has 0 spiro atoms. The predicted octanol–water partition coefficient (Wildman–Crippen LogP) is 1.48. The smallest absolute Gasteiger partial charge is 0.214 e. The highest BCUT2D eigenvalue weighted by Gasteiger charge is 2.26. The summed E-state index contributed by atoms with van der Waals surface area (Å²) in [5.74, 6) is 2.35. The number of piperazine rings is 1. The second-order valence-electron chi connectivity index (χ2n) is 5.80. The van der Waals surface area contributed by atoms with Crippen LogP contribution in [-0.2, 0) is 10.0 Å². The van der Waals surface area contributed by atoms with Crippen molar-refractivity contribution in [3.05, 3.63) is 36.8 Å². The third kappa shape index (κ3) is 4.43. The van der Waals surface area contributed by atoms with Crippen molar-refractivity contribution in [1.82, 2.24) is 19.3 Å². The second kappa shape index (κ2) is 7.75. The lowest BCUT2D eigenvalue weighted by Crippen LogP contribution is -2.49. The highest BCUT2D eigenvalue weighted by molar-refractivity contribution is 7.89. The summed E-state index contributed by atoms with van der Waals surface area (Å²) in [5, 5.41) is 3.14. The summed E-state index contributed by atoms with van der Waals surface area (Å²) in [6.45, 7) is 4.07. The number of aromatic nitrogens is 3. The zero-order chi connectivity index (χ0) is 17.7. The molecule has 3 rings (SSSR count). The topological polar surface area (TPSA) is 91.3 Å². The Kier molecular flexibility index (Phi) is 5.44. The quantitative estimate of drug-likeness (QED) is 0.832. The Morgan fingerprint density at radius 3 is 2.56 bits per heavy atom. The maximum absolute atomic E-state index is 12.2. The monoisotopic (exact) mass is 362 g/mol. The van der Waals surface area contributed by atoms with Crippen LogP contribution >= 0.6 is 0 Å². The fourth-order valence-corrected chi connectivity index (χ4v) is 4.23. The lowest BCUT2D eigenvalue weighted by molar-refractivity contribution is 0.383. The van der Waals surface area contributed by atoms with Gasteiger partial charge in [-0.05, 0) is 18.6 Å². The molecule has 3 heterocycles. The summed E-state index contributed by atoms with van der Waals surface area (Å²) in [6, 6.07) is 7.46. The van der Waals surface area contributed by atoms with E-state index in [1.165, 1.54) is 6.33 Å². The first-order valence-corrected chi connectivity index (χ1v) is 9.92. The van der Waals surface area contributed by atoms with E-state index in [1.54, 1.807) is 10.5 Å². The summed E-state index contributed by atoms with van der Waals surface area (Å²) < 4.78 is 25.9. The largest absolute Gasteiger partial charge is 0.354 e. The fraction of sp³-hybridized carbons (Fsp3) is 0.438. The van der Waals surface area contributed by atoms with Crippen molar-refractivity contribution in [2.75, 3.05) is 42.1 Å². The zero-order valence-electron chi connectivity index (χ0n) is 14.2. The van der Waals surface area contributed by atoms with Crippen LogP contribution in [0.15, 0.2) is 36.8 Å². The van der Waals surface area contributed by atoms with Crippen LogP contribution in [0.5, 0.6) is 0 Å². The SMILES string of the molecule is CCCS(=O)(=O)N1CCN(c2cc(Nc3ccccn3)ncn2)CC1. The van der Waals surface area contributed by atoms with Gasteiger partial charge in [-0.25, -0.2) is 23.4 Å². The van der Waals surface area contributed by atoms with Crippen LogP contribution in [0, 0.1) is 0 Å². The number of sulfonamides is 1. The molecule has 8 nitrogen and oxygen atoms in total. The van der Waals surface area contributed by atoms with Crippen molar-refractivity contribution >= 4 is 27.5 Å². The molecule has 1 N–H and O–H groups in total. The minimum absolute atomic E-state index is 0.207. The number of nitrogens with zero attached hydrogens (tertiary/aromatic N) is 5. The van der Waals surface area contributed by atoms with Crippen LogP contribution in [0.2, 0.25) is 0 Å². The molecule has 0 amide bonds. The van der Waals surface area contributed by atoms with Crippen molar-refractivity contribution in [3.63, 3.8) is 0 Å². The van der Waals surface area contributed by atoms with Gasteiger partial charge >= 0.3 is 0 Å². The lowest BCUT2D eigenvalue weighted by Gasteiger charge is -2.34. The maximum Gasteiger partial charge on any atom is 0.214 e. The minimum atomic E-state index is -3.13. The maximum atomic E-state index is 12.2. The molecule has 9 heteroatoms. The molecule has 2 aromatic rings. The van der Waals surface area contributed by atoms with Crippen molar-refractivity contribution in [2.24, 2.45) is 0 Å². The van der Waals surface area contributed by atoms with E-state index < -0.39 is 10.0 Å². The van der Waals surface area contributed by atoms with E-state index >= 15 is 0 Å². The molecule has 0 aliphatic carbocycles. The van der Waals surface area contributed by atoms with Gasteiger partial charge in [0.1, 0.15) is 23.8 Å². The first-order chi connectivity index (χ1) is 12.1. The molecule has 0 radical (unpaired) electrons. The Balaban J connectivity index is 1.65. The van der Waals surface area contributed by atoms with E-state index in [9.17, 15) is 8.42 Å². The normalized spacial score (nSPS) is 16.0. The van der Waals surface area contributed by atoms with Gasteiger partial charge in [0.05, 0.1) is 5.75 Å². The number of nitrogens with one attached hydrogen (secondary N) is 1. The number of pyridine rings is 1. The third-order valence-electron chi connectivity index (χ3n) is 3.99. The standard InChI is InChI=1S/C16H22N6O2S/c1-2-11-25(23,24)22-9-7-21(8-10-22)16-12-15(18-13-19-16)20-14-5-3-4-6-17-14/h3-6,12-13H,2,7-11H2,1H3,(H,17,18,19,20). The summed E-state index contributed by atoms with van der Waals surface area (Å²) in [5.41, 5.74) is 0. The zero-order valence-corrected chi connectivity index (χ0v) is 15.0. The summed E-state index contributed by atoms with van der Waals surface area (Å²) in [7, 11) is -3.13. The van der Waals surface area contributed by atoms with Gasteiger partial charge in [0.25, 0.3) is 0 Å². The van der Waals surface area contributed by atoms with E-state index in [0.29, 0.717) is 44.2 Å². The van der Waals surface area contributed by atoms with E-state index in [2.05, 4.69) is 25.2 Å². The van der Waals surface area contributed by atoms with Gasteiger partial charge in [-0.1, -0.05) is 13.0 Å². The van der Waals surface area contributed by atoms with Crippen molar-refractivity contribution in [2.45, 2.75) is 13.3 Å². The molecular weight excluding hydrogens is 340 g/mol. The average molecular weight is 362 g/mol. The van der Waals surface area contributed by atoms with Gasteiger partial charge in [0.15, 0.2) is 0 Å². The molecule has 1 aliphatic heterocycles. The Morgan fingerprint density at radius 1 is 1.08 bits per heavy atom. The van der Waals surface area contributed by atoms with Crippen molar-refractivity contribution in [1.29, 1.82) is 0 Å². The molecule has 1 saturated heterocycles. The van der Waals surface area contributed by atoms with Gasteiger partial charge in [0, 0.05) is 38.4 Å². The van der Waals surface area contributed by atoms with Crippen LogP contribution in [0.25, 0.3) is 0 Å². The van der Waals surface area contributed by atoms with Crippen LogP contribution in [0.3, 0.4) is 0 Å². The Labute approximate surface area is 148 Å². The molecule has 2 aromatic heterocycles. The van der Waals surface area contributed by atoms with Crippen LogP contribution in [0.1, 0.15) is 13.3 Å². The Hall–Kier alpha value is -2.26. The molecule has 1 fully saturated rings. The van der Waals surface area contributed by atoms with Gasteiger partial charge in [-0.2, -0.15) is 4.31 Å². The number of rotatable bonds is 6. The van der Waals surface area contributed by atoms with Crippen LogP contribution < -0.4 is 10.2 Å². The highest BCUT2D eigenvalue weighted by Crippen LogP contribution is 2.19. The average Bonchev–Trinajstić information content (AvgIpc) is 2.63. The summed E-state index contributed by atoms with van der Waals surface area (Å²) in [6.07, 6.45) is 3.85. The Bertz CT molecular complexity index is 791. The molecule has 0 bridgehead atoms. The summed E-state index contributed by atoms with van der Waals surface area (Å²) >= 11 is 0. The molecule has 0 saturated carbocycles. The first kappa shape index (κ1) is 17.6. The number of hydrogen-bond donors (Lipinski definition) is 1. The van der Waals surface area contributed by atoms with Crippen LogP contribution in [0.4, 0.5) is 17.5 Å². The van der Waals surface area contributed by atoms with E-state index in [4.69, 9.17) is 0 Å². The molecule has 0 unspecified atom stereocenters. The number of anilines is 3. The van der Waals surface area contributed by atoms with Gasteiger partial charge < -0.3 is 10.2 Å². The van der Waals surface area contributed by atoms with E-state index in [0.717, 1.165) is 5.82 Å². The van der Waals surface area contributed by atoms with E-state index in [1.807, 2.05) is 31.2 Å². The Morgan fingerprint density at radius 2 is 1.88 bits per heavy atom. The predicted molar refractivity (Wildman–Crippen MR) is 97.4 cm³/mol. The number of hydrogen-bond acceptors (Lipinski definition) is 7. The van der Waals surface area contributed by atoms with E-state index in [-0.39, 0.29) is 5.75 Å². The molecule has 25 heavy (non-hydrogen) atoms. The summed E-state index contributed by atoms with van der Waals surface area (Å²) in [4.78, 5) is 14.8. The molecule has 0 atom stereocenters. The van der Waals surface area contributed by atoms with Gasteiger partial charge in [-0.3, -0.25) is 0 Å². The van der Waals surface area contributed by atoms with Gasteiger partial charge in [-0.15, -0.1) is 0 Å². The molecular formula is C16H22N6O2S. The fourth-order valence-electron chi connectivity index (χ4n) is 2.74. The highest BCUT2D eigenvalue weighted by atomic mass is 32.2. The molecule has 134 valence electrons. The molecule has 1 aliphatic rings.